The zero-order chi connectivity index (χ0) is 24.2. The van der Waals surface area contributed by atoms with Crippen molar-refractivity contribution < 1.29 is 14.3 Å². The van der Waals surface area contributed by atoms with Gasteiger partial charge < -0.3 is 4.74 Å². The highest BCUT2D eigenvalue weighted by atomic mass is 32.1. The number of benzene rings is 3. The zero-order valence-electron chi connectivity index (χ0n) is 19.0. The minimum absolute atomic E-state index is 0.0831. The van der Waals surface area contributed by atoms with Gasteiger partial charge in [-0.05, 0) is 36.4 Å². The summed E-state index contributed by atoms with van der Waals surface area (Å²) in [5.41, 5.74) is 2.42. The third-order valence-corrected chi connectivity index (χ3v) is 6.64. The fourth-order valence-corrected chi connectivity index (χ4v) is 4.75. The van der Waals surface area contributed by atoms with Crippen LogP contribution in [0.5, 0.6) is 5.75 Å². The first-order chi connectivity index (χ1) is 17.1. The highest BCUT2D eigenvalue weighted by molar-refractivity contribution is 7.22. The molecule has 0 N–H and O–H groups in total. The van der Waals surface area contributed by atoms with Gasteiger partial charge in [0, 0.05) is 35.6 Å². The third kappa shape index (κ3) is 4.83. The Morgan fingerprint density at radius 3 is 2.40 bits per heavy atom. The van der Waals surface area contributed by atoms with Crippen LogP contribution in [0.15, 0.2) is 91.3 Å². The van der Waals surface area contributed by atoms with Crippen LogP contribution in [0.3, 0.4) is 0 Å². The van der Waals surface area contributed by atoms with Gasteiger partial charge in [0.1, 0.15) is 5.75 Å². The maximum Gasteiger partial charge on any atom is 0.260 e. The summed E-state index contributed by atoms with van der Waals surface area (Å²) in [4.78, 5) is 32.7. The van der Waals surface area contributed by atoms with Crippen LogP contribution in [-0.4, -0.2) is 40.1 Å². The molecule has 0 aliphatic carbocycles. The van der Waals surface area contributed by atoms with E-state index in [9.17, 15) is 9.59 Å². The predicted octanol–water partition coefficient (Wildman–Crippen LogP) is 5.08. The molecule has 0 aliphatic rings. The first kappa shape index (κ1) is 22.5. The Bertz CT molecular complexity index is 1460. The van der Waals surface area contributed by atoms with Crippen molar-refractivity contribution in [3.63, 3.8) is 0 Å². The lowest BCUT2D eigenvalue weighted by molar-refractivity contribution is 0.0983. The van der Waals surface area contributed by atoms with E-state index in [0.29, 0.717) is 34.9 Å². The number of methoxy groups -OCH3 is 1. The summed E-state index contributed by atoms with van der Waals surface area (Å²) in [5, 5.41) is 4.84. The Labute approximate surface area is 206 Å². The Balaban J connectivity index is 1.44. The molecule has 0 bridgehead atoms. The van der Waals surface area contributed by atoms with Crippen LogP contribution in [-0.2, 0) is 6.54 Å². The number of rotatable bonds is 8. The number of thiazole rings is 1. The molecule has 0 unspecified atom stereocenters. The minimum atomic E-state index is -0.193. The molecule has 0 saturated carbocycles. The number of fused-ring (bicyclic) bond motifs is 1. The molecule has 0 spiro atoms. The standard InChI is InChI=1S/C27H22N4O3S/c1-34-22-12-13-23-24(18-22)35-27(29-23)31(17-16-30-15-5-14-28-30)26(33)21-10-8-20(9-11-21)25(32)19-6-3-2-4-7-19/h2-15,18H,16-17H2,1H3. The van der Waals surface area contributed by atoms with Crippen LogP contribution < -0.4 is 9.64 Å². The summed E-state index contributed by atoms with van der Waals surface area (Å²) in [6.07, 6.45) is 3.56. The van der Waals surface area contributed by atoms with Crippen LogP contribution >= 0.6 is 11.3 Å². The number of ether oxygens (including phenoxy) is 1. The Morgan fingerprint density at radius 2 is 1.69 bits per heavy atom. The lowest BCUT2D eigenvalue weighted by atomic mass is 10.0. The molecule has 1 amide bonds. The predicted molar refractivity (Wildman–Crippen MR) is 136 cm³/mol. The number of aromatic nitrogens is 3. The van der Waals surface area contributed by atoms with E-state index in [4.69, 9.17) is 9.72 Å². The van der Waals surface area contributed by atoms with Gasteiger partial charge in [0.2, 0.25) is 0 Å². The number of hydrogen-bond acceptors (Lipinski definition) is 6. The number of ketones is 1. The Kier molecular flexibility index (Phi) is 6.36. The number of carbonyl (C=O) groups is 2. The smallest absolute Gasteiger partial charge is 0.260 e. The number of hydrogen-bond donors (Lipinski definition) is 0. The number of anilines is 1. The van der Waals surface area contributed by atoms with Crippen molar-refractivity contribution in [3.8, 4) is 5.75 Å². The van der Waals surface area contributed by atoms with Gasteiger partial charge in [0.25, 0.3) is 5.91 Å². The van der Waals surface area contributed by atoms with Crippen LogP contribution in [0.4, 0.5) is 5.13 Å². The topological polar surface area (TPSA) is 77.3 Å². The van der Waals surface area contributed by atoms with Gasteiger partial charge in [-0.3, -0.25) is 19.2 Å². The SMILES string of the molecule is COc1ccc2nc(N(CCn3cccn3)C(=O)c3ccc(C(=O)c4ccccc4)cc3)sc2c1. The second-order valence-corrected chi connectivity index (χ2v) is 8.84. The lowest BCUT2D eigenvalue weighted by Gasteiger charge is -2.20. The fourth-order valence-electron chi connectivity index (χ4n) is 3.73. The van der Waals surface area contributed by atoms with Crippen molar-refractivity contribution in [1.29, 1.82) is 0 Å². The molecular formula is C27H22N4O3S. The molecule has 8 heteroatoms. The van der Waals surface area contributed by atoms with E-state index in [2.05, 4.69) is 5.10 Å². The molecule has 2 aromatic heterocycles. The first-order valence-corrected chi connectivity index (χ1v) is 11.9. The van der Waals surface area contributed by atoms with E-state index in [-0.39, 0.29) is 11.7 Å². The monoisotopic (exact) mass is 482 g/mol. The van der Waals surface area contributed by atoms with Crippen LogP contribution in [0.1, 0.15) is 26.3 Å². The van der Waals surface area contributed by atoms with Gasteiger partial charge in [-0.1, -0.05) is 53.8 Å². The van der Waals surface area contributed by atoms with E-state index in [1.54, 1.807) is 59.3 Å². The summed E-state index contributed by atoms with van der Waals surface area (Å²) >= 11 is 1.43. The largest absolute Gasteiger partial charge is 0.497 e. The minimum Gasteiger partial charge on any atom is -0.497 e. The van der Waals surface area contributed by atoms with Gasteiger partial charge in [-0.15, -0.1) is 0 Å². The van der Waals surface area contributed by atoms with E-state index in [1.165, 1.54) is 11.3 Å². The van der Waals surface area contributed by atoms with Crippen molar-refractivity contribution >= 4 is 38.4 Å². The summed E-state index contributed by atoms with van der Waals surface area (Å²) in [6.45, 7) is 0.907. The molecule has 35 heavy (non-hydrogen) atoms. The second-order valence-electron chi connectivity index (χ2n) is 7.83. The molecule has 3 aromatic carbocycles. The lowest BCUT2D eigenvalue weighted by Crippen LogP contribution is -2.34. The Hall–Kier alpha value is -4.30. The molecule has 0 radical (unpaired) electrons. The van der Waals surface area contributed by atoms with Crippen LogP contribution in [0.2, 0.25) is 0 Å². The first-order valence-electron chi connectivity index (χ1n) is 11.1. The molecule has 0 fully saturated rings. The molecule has 0 saturated heterocycles. The molecular weight excluding hydrogens is 460 g/mol. The second kappa shape index (κ2) is 9.90. The Morgan fingerprint density at radius 1 is 0.943 bits per heavy atom. The maximum absolute atomic E-state index is 13.6. The van der Waals surface area contributed by atoms with Gasteiger partial charge in [0.05, 0.1) is 23.9 Å². The number of amides is 1. The van der Waals surface area contributed by atoms with E-state index >= 15 is 0 Å². The average molecular weight is 483 g/mol. The molecule has 174 valence electrons. The summed E-state index contributed by atoms with van der Waals surface area (Å²) in [6, 6.07) is 23.3. The molecule has 0 atom stereocenters. The maximum atomic E-state index is 13.6. The van der Waals surface area contributed by atoms with Gasteiger partial charge in [0.15, 0.2) is 10.9 Å². The number of nitrogens with zero attached hydrogens (tertiary/aromatic N) is 4. The van der Waals surface area contributed by atoms with Gasteiger partial charge in [-0.2, -0.15) is 5.10 Å². The zero-order valence-corrected chi connectivity index (χ0v) is 19.8. The summed E-state index contributed by atoms with van der Waals surface area (Å²) in [5.74, 6) is 0.461. The van der Waals surface area contributed by atoms with Crippen molar-refractivity contribution in [3.05, 3.63) is 108 Å². The molecule has 0 aliphatic heterocycles. The van der Waals surface area contributed by atoms with Gasteiger partial charge in [-0.25, -0.2) is 4.98 Å². The highest BCUT2D eigenvalue weighted by Gasteiger charge is 2.22. The van der Waals surface area contributed by atoms with Crippen molar-refractivity contribution in [2.24, 2.45) is 0 Å². The fraction of sp³-hybridized carbons (Fsp3) is 0.111. The van der Waals surface area contributed by atoms with E-state index in [0.717, 1.165) is 16.0 Å². The molecule has 5 rings (SSSR count). The van der Waals surface area contributed by atoms with E-state index in [1.807, 2.05) is 48.7 Å². The van der Waals surface area contributed by atoms with Crippen molar-refractivity contribution in [2.45, 2.75) is 6.54 Å². The molecule has 5 aromatic rings. The van der Waals surface area contributed by atoms with E-state index < -0.39 is 0 Å². The van der Waals surface area contributed by atoms with Crippen molar-refractivity contribution in [1.82, 2.24) is 14.8 Å². The van der Waals surface area contributed by atoms with Crippen molar-refractivity contribution in [2.75, 3.05) is 18.6 Å². The molecule has 2 heterocycles. The summed E-state index contributed by atoms with van der Waals surface area (Å²) < 4.78 is 8.03. The van der Waals surface area contributed by atoms with Gasteiger partial charge >= 0.3 is 0 Å². The highest BCUT2D eigenvalue weighted by Crippen LogP contribution is 2.32. The normalized spacial score (nSPS) is 10.9. The average Bonchev–Trinajstić information content (AvgIpc) is 3.58. The number of carbonyl (C=O) groups excluding carboxylic acids is 2. The quantitative estimate of drug-likeness (QED) is 0.288. The molecule has 7 nitrogen and oxygen atoms in total. The third-order valence-electron chi connectivity index (χ3n) is 5.60. The van der Waals surface area contributed by atoms with Crippen LogP contribution in [0, 0.1) is 0 Å². The van der Waals surface area contributed by atoms with Crippen LogP contribution in [0.25, 0.3) is 10.2 Å². The summed E-state index contributed by atoms with van der Waals surface area (Å²) in [7, 11) is 1.62.